The first kappa shape index (κ1) is 15.7. The zero-order chi connectivity index (χ0) is 15.2. The Balaban J connectivity index is 2.23. The molecule has 1 aromatic carbocycles. The number of nitrogens with zero attached hydrogens (tertiary/aromatic N) is 2. The maximum Gasteiger partial charge on any atom is 0.0499 e. The number of hydrogen-bond acceptors (Lipinski definition) is 3. The molecule has 2 aromatic rings. The van der Waals surface area contributed by atoms with Crippen LogP contribution in [0.1, 0.15) is 36.1 Å². The fourth-order valence-corrected chi connectivity index (χ4v) is 2.78. The van der Waals surface area contributed by atoms with E-state index in [1.54, 1.807) is 0 Å². The van der Waals surface area contributed by atoms with E-state index < -0.39 is 0 Å². The summed E-state index contributed by atoms with van der Waals surface area (Å²) in [7, 11) is 2.14. The Labute approximate surface area is 127 Å². The highest BCUT2D eigenvalue weighted by atomic mass is 15.1. The Bertz CT molecular complexity index is 553. The lowest BCUT2D eigenvalue weighted by atomic mass is 9.95. The third-order valence-corrected chi connectivity index (χ3v) is 3.92. The smallest absolute Gasteiger partial charge is 0.0499 e. The van der Waals surface area contributed by atoms with E-state index >= 15 is 0 Å². The first-order chi connectivity index (χ1) is 10.1. The molecule has 2 atom stereocenters. The van der Waals surface area contributed by atoms with Gasteiger partial charge in [-0.1, -0.05) is 36.8 Å². The van der Waals surface area contributed by atoms with E-state index in [9.17, 15) is 0 Å². The van der Waals surface area contributed by atoms with Crippen LogP contribution in [0.4, 0.5) is 0 Å². The van der Waals surface area contributed by atoms with Gasteiger partial charge in [0.25, 0.3) is 0 Å². The zero-order valence-electron chi connectivity index (χ0n) is 13.2. The number of nitrogens with two attached hydrogens (primary N) is 1. The van der Waals surface area contributed by atoms with Crippen LogP contribution in [0.25, 0.3) is 0 Å². The molecule has 2 unspecified atom stereocenters. The molecule has 3 nitrogen and oxygen atoms in total. The summed E-state index contributed by atoms with van der Waals surface area (Å²) in [5.41, 5.74) is 10.2. The summed E-state index contributed by atoms with van der Waals surface area (Å²) in [5.74, 6) is 0. The van der Waals surface area contributed by atoms with Gasteiger partial charge >= 0.3 is 0 Å². The van der Waals surface area contributed by atoms with Gasteiger partial charge in [0, 0.05) is 31.0 Å². The molecule has 0 spiro atoms. The molecular formula is C18H25N3. The van der Waals surface area contributed by atoms with Crippen LogP contribution in [0.15, 0.2) is 48.8 Å². The van der Waals surface area contributed by atoms with Gasteiger partial charge in [0.05, 0.1) is 0 Å². The minimum absolute atomic E-state index is 0.124. The Morgan fingerprint density at radius 2 is 1.90 bits per heavy atom. The molecular weight excluding hydrogens is 258 g/mol. The van der Waals surface area contributed by atoms with Crippen LogP contribution < -0.4 is 5.73 Å². The summed E-state index contributed by atoms with van der Waals surface area (Å²) in [6, 6.07) is 13.1. The summed E-state index contributed by atoms with van der Waals surface area (Å²) in [6.07, 6.45) is 4.63. The monoisotopic (exact) mass is 283 g/mol. The van der Waals surface area contributed by atoms with E-state index in [4.69, 9.17) is 5.73 Å². The van der Waals surface area contributed by atoms with Crippen molar-refractivity contribution in [2.75, 3.05) is 7.05 Å². The van der Waals surface area contributed by atoms with Gasteiger partial charge in [-0.25, -0.2) is 0 Å². The number of pyridine rings is 1. The Hall–Kier alpha value is -1.71. The van der Waals surface area contributed by atoms with E-state index in [2.05, 4.69) is 67.2 Å². The Morgan fingerprint density at radius 3 is 2.52 bits per heavy atom. The maximum absolute atomic E-state index is 6.40. The SMILES string of the molecule is CCC(N)C(c1cccc(C)c1)N(C)Cc1ccncc1. The van der Waals surface area contributed by atoms with Crippen LogP contribution in [-0.2, 0) is 6.54 Å². The lowest BCUT2D eigenvalue weighted by Gasteiger charge is -2.33. The molecule has 0 fully saturated rings. The summed E-state index contributed by atoms with van der Waals surface area (Å²) in [6.45, 7) is 5.14. The second kappa shape index (κ2) is 7.34. The third-order valence-electron chi connectivity index (χ3n) is 3.92. The largest absolute Gasteiger partial charge is 0.326 e. The molecule has 0 aliphatic heterocycles. The van der Waals surface area contributed by atoms with Crippen molar-refractivity contribution in [3.05, 3.63) is 65.5 Å². The highest BCUT2D eigenvalue weighted by molar-refractivity contribution is 5.26. The minimum Gasteiger partial charge on any atom is -0.326 e. The Morgan fingerprint density at radius 1 is 1.19 bits per heavy atom. The Kier molecular flexibility index (Phi) is 5.48. The molecule has 1 aromatic heterocycles. The van der Waals surface area contributed by atoms with Crippen molar-refractivity contribution in [1.82, 2.24) is 9.88 Å². The number of rotatable bonds is 6. The van der Waals surface area contributed by atoms with Crippen molar-refractivity contribution in [2.45, 2.75) is 38.9 Å². The van der Waals surface area contributed by atoms with Crippen molar-refractivity contribution < 1.29 is 0 Å². The lowest BCUT2D eigenvalue weighted by molar-refractivity contribution is 0.201. The molecule has 0 aliphatic carbocycles. The lowest BCUT2D eigenvalue weighted by Crippen LogP contribution is -2.38. The average molecular weight is 283 g/mol. The van der Waals surface area contributed by atoms with Crippen LogP contribution in [0, 0.1) is 6.92 Å². The topological polar surface area (TPSA) is 42.1 Å². The molecule has 0 aliphatic rings. The summed E-state index contributed by atoms with van der Waals surface area (Å²) in [5, 5.41) is 0. The van der Waals surface area contributed by atoms with Gasteiger partial charge in [0.15, 0.2) is 0 Å². The van der Waals surface area contributed by atoms with Gasteiger partial charge in [-0.3, -0.25) is 9.88 Å². The molecule has 0 saturated heterocycles. The van der Waals surface area contributed by atoms with Gasteiger partial charge in [-0.05, 0) is 43.7 Å². The summed E-state index contributed by atoms with van der Waals surface area (Å²) < 4.78 is 0. The number of likely N-dealkylation sites (N-methyl/N-ethyl adjacent to an activating group) is 1. The minimum atomic E-state index is 0.124. The number of aromatic nitrogens is 1. The second-order valence-electron chi connectivity index (χ2n) is 5.70. The van der Waals surface area contributed by atoms with Gasteiger partial charge in [-0.2, -0.15) is 0 Å². The first-order valence-corrected chi connectivity index (χ1v) is 7.53. The van der Waals surface area contributed by atoms with E-state index in [0.717, 1.165) is 13.0 Å². The first-order valence-electron chi connectivity index (χ1n) is 7.53. The highest BCUT2D eigenvalue weighted by Gasteiger charge is 2.23. The highest BCUT2D eigenvalue weighted by Crippen LogP contribution is 2.26. The third kappa shape index (κ3) is 4.13. The van der Waals surface area contributed by atoms with Crippen LogP contribution >= 0.6 is 0 Å². The van der Waals surface area contributed by atoms with E-state index in [-0.39, 0.29) is 12.1 Å². The van der Waals surface area contributed by atoms with E-state index in [0.29, 0.717) is 0 Å². The van der Waals surface area contributed by atoms with Crippen molar-refractivity contribution in [3.8, 4) is 0 Å². The predicted molar refractivity (Wildman–Crippen MR) is 87.9 cm³/mol. The molecule has 0 saturated carbocycles. The normalized spacial score (nSPS) is 14.1. The molecule has 2 N–H and O–H groups in total. The van der Waals surface area contributed by atoms with Crippen molar-refractivity contribution in [2.24, 2.45) is 5.73 Å². The van der Waals surface area contributed by atoms with Crippen LogP contribution in [0.2, 0.25) is 0 Å². The predicted octanol–water partition coefficient (Wildman–Crippen LogP) is 3.30. The number of benzene rings is 1. The van der Waals surface area contributed by atoms with Crippen LogP contribution in [-0.4, -0.2) is 23.0 Å². The summed E-state index contributed by atoms with van der Waals surface area (Å²) in [4.78, 5) is 6.41. The maximum atomic E-state index is 6.40. The zero-order valence-corrected chi connectivity index (χ0v) is 13.2. The molecule has 112 valence electrons. The molecule has 1 heterocycles. The fraction of sp³-hybridized carbons (Fsp3) is 0.389. The fourth-order valence-electron chi connectivity index (χ4n) is 2.78. The van der Waals surface area contributed by atoms with E-state index in [1.165, 1.54) is 16.7 Å². The molecule has 0 amide bonds. The molecule has 2 rings (SSSR count). The van der Waals surface area contributed by atoms with Gasteiger partial charge in [-0.15, -0.1) is 0 Å². The molecule has 0 bridgehead atoms. The average Bonchev–Trinajstić information content (AvgIpc) is 2.48. The van der Waals surface area contributed by atoms with Gasteiger partial charge in [0.2, 0.25) is 0 Å². The van der Waals surface area contributed by atoms with Gasteiger partial charge < -0.3 is 5.73 Å². The number of hydrogen-bond donors (Lipinski definition) is 1. The molecule has 0 radical (unpaired) electrons. The molecule has 21 heavy (non-hydrogen) atoms. The standard InChI is InChI=1S/C18H25N3/c1-4-17(19)18(16-7-5-6-14(2)12-16)21(3)13-15-8-10-20-11-9-15/h5-12,17-18H,4,13,19H2,1-3H3. The van der Waals surface area contributed by atoms with Crippen LogP contribution in [0.5, 0.6) is 0 Å². The number of aryl methyl sites for hydroxylation is 1. The van der Waals surface area contributed by atoms with Crippen molar-refractivity contribution in [1.29, 1.82) is 0 Å². The van der Waals surface area contributed by atoms with E-state index in [1.807, 2.05) is 12.4 Å². The van der Waals surface area contributed by atoms with Crippen LogP contribution in [0.3, 0.4) is 0 Å². The summed E-state index contributed by atoms with van der Waals surface area (Å²) >= 11 is 0. The van der Waals surface area contributed by atoms with Crippen molar-refractivity contribution >= 4 is 0 Å². The van der Waals surface area contributed by atoms with Crippen molar-refractivity contribution in [3.63, 3.8) is 0 Å². The van der Waals surface area contributed by atoms with Gasteiger partial charge in [0.1, 0.15) is 0 Å². The quantitative estimate of drug-likeness (QED) is 0.884. The second-order valence-corrected chi connectivity index (χ2v) is 5.70. The molecule has 3 heteroatoms.